The number of rotatable bonds is 3. The van der Waals surface area contributed by atoms with Gasteiger partial charge in [-0.15, -0.1) is 6.58 Å². The zero-order valence-corrected chi connectivity index (χ0v) is 17.4. The van der Waals surface area contributed by atoms with Crippen molar-refractivity contribution in [2.45, 2.75) is 79.1 Å². The van der Waals surface area contributed by atoms with Gasteiger partial charge in [-0.25, -0.2) is 0 Å². The number of carbonyl (C=O) groups excluding carboxylic acids is 1. The van der Waals surface area contributed by atoms with Crippen LogP contribution in [0.1, 0.15) is 79.1 Å². The molecule has 3 fully saturated rings. The van der Waals surface area contributed by atoms with Crippen molar-refractivity contribution < 1.29 is 4.79 Å². The first-order valence-electron chi connectivity index (χ1n) is 11.1. The van der Waals surface area contributed by atoms with Gasteiger partial charge in [-0.3, -0.25) is 4.79 Å². The van der Waals surface area contributed by atoms with Crippen molar-refractivity contribution in [3.05, 3.63) is 24.3 Å². The van der Waals surface area contributed by atoms with Gasteiger partial charge >= 0.3 is 0 Å². The molecular formula is C25H38O. The van der Waals surface area contributed by atoms with Crippen LogP contribution in [-0.2, 0) is 4.79 Å². The molecule has 0 amide bonds. The average molecular weight is 355 g/mol. The van der Waals surface area contributed by atoms with Crippen LogP contribution in [-0.4, -0.2) is 5.78 Å². The number of Topliss-reactive ketones (excluding diaryl/α,β-unsaturated/α-hetero) is 1. The van der Waals surface area contributed by atoms with Gasteiger partial charge < -0.3 is 0 Å². The summed E-state index contributed by atoms with van der Waals surface area (Å²) in [7, 11) is 0. The minimum absolute atomic E-state index is 0.227. The van der Waals surface area contributed by atoms with Gasteiger partial charge in [-0.1, -0.05) is 45.4 Å². The zero-order chi connectivity index (χ0) is 18.7. The van der Waals surface area contributed by atoms with E-state index in [-0.39, 0.29) is 11.3 Å². The van der Waals surface area contributed by atoms with Crippen LogP contribution in [0.2, 0.25) is 0 Å². The highest BCUT2D eigenvalue weighted by Gasteiger charge is 2.61. The van der Waals surface area contributed by atoms with Crippen molar-refractivity contribution in [2.75, 3.05) is 0 Å². The smallest absolute Gasteiger partial charge is 0.137 e. The summed E-state index contributed by atoms with van der Waals surface area (Å²) in [5.41, 5.74) is 2.41. The molecule has 0 saturated heterocycles. The molecule has 0 radical (unpaired) electrons. The first-order valence-corrected chi connectivity index (χ1v) is 11.1. The number of hydrogen-bond acceptors (Lipinski definition) is 1. The van der Waals surface area contributed by atoms with E-state index in [1.54, 1.807) is 5.57 Å². The van der Waals surface area contributed by atoms with E-state index in [4.69, 9.17) is 0 Å². The number of fused-ring (bicyclic) bond motifs is 5. The summed E-state index contributed by atoms with van der Waals surface area (Å²) >= 11 is 0. The third-order valence-corrected chi connectivity index (χ3v) is 9.37. The highest BCUT2D eigenvalue weighted by Crippen LogP contribution is 2.66. The standard InChI is InChI=1S/C25H38O/c1-6-7-17(3)23-22(26)15-21-19-9-8-18-14-16(2)10-12-24(18,4)20(19)11-13-25(21,23)5/h6,8,16-17,19-21,23H,1,7,9-15H2,2-5H3/t16-,17+,19+,20-,21-,23-,24?,25-/m0/s1. The Labute approximate surface area is 160 Å². The summed E-state index contributed by atoms with van der Waals surface area (Å²) < 4.78 is 0. The molecular weight excluding hydrogens is 316 g/mol. The Kier molecular flexibility index (Phi) is 4.52. The van der Waals surface area contributed by atoms with E-state index in [0.717, 1.165) is 30.6 Å². The van der Waals surface area contributed by atoms with E-state index >= 15 is 0 Å². The molecule has 0 aromatic heterocycles. The number of allylic oxidation sites excluding steroid dienone is 3. The summed E-state index contributed by atoms with van der Waals surface area (Å²) in [5.74, 6) is 4.29. The summed E-state index contributed by atoms with van der Waals surface area (Å²) in [6, 6.07) is 0. The van der Waals surface area contributed by atoms with E-state index in [1.165, 1.54) is 38.5 Å². The molecule has 0 bridgehead atoms. The lowest BCUT2D eigenvalue weighted by molar-refractivity contribution is -0.124. The molecule has 4 aliphatic carbocycles. The fourth-order valence-electron chi connectivity index (χ4n) is 8.04. The molecule has 0 aromatic carbocycles. The maximum Gasteiger partial charge on any atom is 0.137 e. The Morgan fingerprint density at radius 3 is 2.73 bits per heavy atom. The topological polar surface area (TPSA) is 17.1 Å². The third-order valence-electron chi connectivity index (χ3n) is 9.37. The van der Waals surface area contributed by atoms with Crippen molar-refractivity contribution >= 4 is 5.78 Å². The minimum atomic E-state index is 0.227. The van der Waals surface area contributed by atoms with Gasteiger partial charge in [0.05, 0.1) is 0 Å². The summed E-state index contributed by atoms with van der Waals surface area (Å²) in [5, 5.41) is 0. The Morgan fingerprint density at radius 1 is 1.23 bits per heavy atom. The first-order chi connectivity index (χ1) is 12.3. The summed E-state index contributed by atoms with van der Waals surface area (Å²) in [6.07, 6.45) is 14.4. The molecule has 4 aliphatic rings. The molecule has 0 N–H and O–H groups in total. The third kappa shape index (κ3) is 2.52. The highest BCUT2D eigenvalue weighted by molar-refractivity contribution is 5.85. The highest BCUT2D eigenvalue weighted by atomic mass is 16.1. The normalized spacial score (nSPS) is 48.8. The van der Waals surface area contributed by atoms with Crippen molar-refractivity contribution in [3.63, 3.8) is 0 Å². The maximum atomic E-state index is 13.1. The van der Waals surface area contributed by atoms with Crippen molar-refractivity contribution in [2.24, 2.45) is 46.3 Å². The zero-order valence-electron chi connectivity index (χ0n) is 17.4. The number of carbonyl (C=O) groups is 1. The lowest BCUT2D eigenvalue weighted by atomic mass is 9.46. The van der Waals surface area contributed by atoms with Crippen LogP contribution in [0.3, 0.4) is 0 Å². The molecule has 1 unspecified atom stereocenters. The van der Waals surface area contributed by atoms with Crippen molar-refractivity contribution in [1.29, 1.82) is 0 Å². The quantitative estimate of drug-likeness (QED) is 0.522. The predicted octanol–water partition coefficient (Wildman–Crippen LogP) is 6.59. The molecule has 3 saturated carbocycles. The van der Waals surface area contributed by atoms with Gasteiger partial charge in [0, 0.05) is 12.3 Å². The summed E-state index contributed by atoms with van der Waals surface area (Å²) in [6.45, 7) is 13.7. The average Bonchev–Trinajstić information content (AvgIpc) is 2.86. The molecule has 1 heteroatoms. The molecule has 1 nitrogen and oxygen atoms in total. The molecule has 4 rings (SSSR count). The second kappa shape index (κ2) is 6.35. The number of ketones is 1. The van der Waals surface area contributed by atoms with E-state index in [9.17, 15) is 4.79 Å². The van der Waals surface area contributed by atoms with Crippen LogP contribution in [0.5, 0.6) is 0 Å². The van der Waals surface area contributed by atoms with Gasteiger partial charge in [0.15, 0.2) is 0 Å². The minimum Gasteiger partial charge on any atom is -0.299 e. The Hall–Kier alpha value is -0.850. The van der Waals surface area contributed by atoms with Crippen molar-refractivity contribution in [1.82, 2.24) is 0 Å². The van der Waals surface area contributed by atoms with Gasteiger partial charge in [0.1, 0.15) is 5.78 Å². The predicted molar refractivity (Wildman–Crippen MR) is 109 cm³/mol. The van der Waals surface area contributed by atoms with Gasteiger partial charge in [0.2, 0.25) is 0 Å². The molecule has 144 valence electrons. The monoisotopic (exact) mass is 354 g/mol. The molecule has 8 atom stereocenters. The van der Waals surface area contributed by atoms with E-state index < -0.39 is 0 Å². The van der Waals surface area contributed by atoms with Crippen LogP contribution in [0.4, 0.5) is 0 Å². The summed E-state index contributed by atoms with van der Waals surface area (Å²) in [4.78, 5) is 13.1. The second-order valence-corrected chi connectivity index (χ2v) is 10.8. The number of hydrogen-bond donors (Lipinski definition) is 0. The van der Waals surface area contributed by atoms with Gasteiger partial charge in [0.25, 0.3) is 0 Å². The molecule has 0 aromatic rings. The largest absolute Gasteiger partial charge is 0.299 e. The van der Waals surface area contributed by atoms with Crippen LogP contribution < -0.4 is 0 Å². The SMILES string of the molecule is C=CC[C@@H](C)[C@H]1C(=O)C[C@H]2[C@@H]3CC=C4C[C@@H](C)CCC4(C)[C@H]3CC[C@]12C. The molecule has 0 heterocycles. The Morgan fingerprint density at radius 2 is 2.00 bits per heavy atom. The first kappa shape index (κ1) is 18.5. The van der Waals surface area contributed by atoms with E-state index in [2.05, 4.69) is 40.3 Å². The van der Waals surface area contributed by atoms with Crippen LogP contribution in [0, 0.1) is 46.3 Å². The van der Waals surface area contributed by atoms with Crippen LogP contribution >= 0.6 is 0 Å². The van der Waals surface area contributed by atoms with Gasteiger partial charge in [-0.05, 0) is 85.4 Å². The van der Waals surface area contributed by atoms with Gasteiger partial charge in [-0.2, -0.15) is 0 Å². The lowest BCUT2D eigenvalue weighted by Crippen LogP contribution is -2.50. The van der Waals surface area contributed by atoms with Crippen LogP contribution in [0.25, 0.3) is 0 Å². The fourth-order valence-corrected chi connectivity index (χ4v) is 8.04. The second-order valence-electron chi connectivity index (χ2n) is 10.8. The molecule has 26 heavy (non-hydrogen) atoms. The fraction of sp³-hybridized carbons (Fsp3) is 0.800. The van der Waals surface area contributed by atoms with Crippen molar-refractivity contribution in [3.8, 4) is 0 Å². The Bertz CT molecular complexity index is 630. The van der Waals surface area contributed by atoms with Crippen LogP contribution in [0.15, 0.2) is 24.3 Å². The van der Waals surface area contributed by atoms with E-state index in [0.29, 0.717) is 23.0 Å². The Balaban J connectivity index is 1.65. The van der Waals surface area contributed by atoms with E-state index in [1.807, 2.05) is 6.08 Å². The lowest BCUT2D eigenvalue weighted by Gasteiger charge is -2.58. The molecule has 0 aliphatic heterocycles. The molecule has 0 spiro atoms. The maximum absolute atomic E-state index is 13.1.